The number of aryl methyl sites for hydroxylation is 1. The summed E-state index contributed by atoms with van der Waals surface area (Å²) in [5.41, 5.74) is 1.02. The first-order valence-electron chi connectivity index (χ1n) is 4.52. The van der Waals surface area contributed by atoms with Gasteiger partial charge in [-0.15, -0.1) is 0 Å². The average molecular weight is 204 g/mol. The van der Waals surface area contributed by atoms with Gasteiger partial charge >= 0.3 is 0 Å². The van der Waals surface area contributed by atoms with Crippen LogP contribution in [0.25, 0.3) is 0 Å². The highest BCUT2D eigenvalue weighted by Crippen LogP contribution is 2.13. The van der Waals surface area contributed by atoms with Crippen molar-refractivity contribution in [2.24, 2.45) is 0 Å². The number of rotatable bonds is 2. The van der Waals surface area contributed by atoms with E-state index < -0.39 is 5.82 Å². The Labute approximate surface area is 86.3 Å². The molecule has 76 valence electrons. The first-order valence-corrected chi connectivity index (χ1v) is 4.52. The van der Waals surface area contributed by atoms with Gasteiger partial charge in [-0.2, -0.15) is 0 Å². The maximum absolute atomic E-state index is 13.0. The topological polar surface area (TPSA) is 30.2 Å². The highest BCUT2D eigenvalue weighted by molar-refractivity contribution is 6.07. The van der Waals surface area contributed by atoms with Crippen molar-refractivity contribution in [1.29, 1.82) is 0 Å². The molecule has 2 nitrogen and oxygen atoms in total. The molecular weight excluding hydrogens is 195 g/mol. The molecular formula is C12H9FO2. The predicted molar refractivity (Wildman–Crippen MR) is 53.3 cm³/mol. The minimum absolute atomic E-state index is 0.222. The number of hydrogen-bond acceptors (Lipinski definition) is 2. The second kappa shape index (κ2) is 3.69. The fraction of sp³-hybridized carbons (Fsp3) is 0.0833. The Bertz CT molecular complexity index is 466. The minimum atomic E-state index is -0.412. The van der Waals surface area contributed by atoms with Gasteiger partial charge in [-0.3, -0.25) is 4.79 Å². The number of benzene rings is 1. The molecule has 0 aliphatic carbocycles. The Morgan fingerprint density at radius 2 is 2.13 bits per heavy atom. The van der Waals surface area contributed by atoms with E-state index in [1.165, 1.54) is 18.4 Å². The molecule has 2 aromatic rings. The summed E-state index contributed by atoms with van der Waals surface area (Å²) in [5.74, 6) is -0.493. The molecule has 1 aromatic heterocycles. The lowest BCUT2D eigenvalue weighted by Gasteiger charge is -2.00. The maximum atomic E-state index is 13.0. The van der Waals surface area contributed by atoms with Crippen LogP contribution in [0.1, 0.15) is 21.7 Å². The number of carbonyl (C=O) groups excluding carboxylic acids is 1. The summed E-state index contributed by atoms with van der Waals surface area (Å²) < 4.78 is 18.0. The van der Waals surface area contributed by atoms with Crippen LogP contribution in [0.4, 0.5) is 4.39 Å². The fourth-order valence-corrected chi connectivity index (χ4v) is 1.42. The van der Waals surface area contributed by atoms with E-state index in [1.807, 2.05) is 0 Å². The second-order valence-electron chi connectivity index (χ2n) is 3.32. The number of halogens is 1. The van der Waals surface area contributed by atoms with Gasteiger partial charge in [0.15, 0.2) is 5.76 Å². The fourth-order valence-electron chi connectivity index (χ4n) is 1.42. The Morgan fingerprint density at radius 3 is 2.73 bits per heavy atom. The molecule has 1 aromatic carbocycles. The van der Waals surface area contributed by atoms with E-state index >= 15 is 0 Å². The molecule has 0 aliphatic rings. The van der Waals surface area contributed by atoms with E-state index in [9.17, 15) is 9.18 Å². The molecule has 3 heteroatoms. The van der Waals surface area contributed by atoms with Crippen molar-refractivity contribution in [2.45, 2.75) is 6.92 Å². The Hall–Kier alpha value is -1.90. The zero-order valence-electron chi connectivity index (χ0n) is 8.16. The summed E-state index contributed by atoms with van der Waals surface area (Å²) in [7, 11) is 0. The van der Waals surface area contributed by atoms with E-state index in [4.69, 9.17) is 4.42 Å². The zero-order valence-corrected chi connectivity index (χ0v) is 8.16. The van der Waals surface area contributed by atoms with Crippen LogP contribution in [0.5, 0.6) is 0 Å². The van der Waals surface area contributed by atoms with Gasteiger partial charge in [-0.25, -0.2) is 4.39 Å². The number of hydrogen-bond donors (Lipinski definition) is 0. The predicted octanol–water partition coefficient (Wildman–Crippen LogP) is 2.96. The van der Waals surface area contributed by atoms with Crippen molar-refractivity contribution in [2.75, 3.05) is 0 Å². The van der Waals surface area contributed by atoms with Crippen molar-refractivity contribution in [3.05, 3.63) is 59.3 Å². The number of carbonyl (C=O) groups is 1. The van der Waals surface area contributed by atoms with Gasteiger partial charge in [0.25, 0.3) is 0 Å². The van der Waals surface area contributed by atoms with Crippen LogP contribution in [0.15, 0.2) is 41.0 Å². The van der Waals surface area contributed by atoms with Crippen molar-refractivity contribution >= 4 is 5.78 Å². The molecule has 0 fully saturated rings. The Balaban J connectivity index is 2.42. The third-order valence-corrected chi connectivity index (χ3v) is 2.05. The van der Waals surface area contributed by atoms with Crippen LogP contribution < -0.4 is 0 Å². The molecule has 1 heterocycles. The lowest BCUT2D eigenvalue weighted by molar-refractivity contribution is 0.101. The molecule has 0 atom stereocenters. The highest BCUT2D eigenvalue weighted by Gasteiger charge is 2.12. The minimum Gasteiger partial charge on any atom is -0.461 e. The quantitative estimate of drug-likeness (QED) is 0.704. The average Bonchev–Trinajstić information content (AvgIpc) is 2.67. The van der Waals surface area contributed by atoms with Crippen molar-refractivity contribution < 1.29 is 13.6 Å². The lowest BCUT2D eigenvalue weighted by Crippen LogP contribution is -2.00. The van der Waals surface area contributed by atoms with E-state index in [1.54, 1.807) is 25.1 Å². The summed E-state index contributed by atoms with van der Waals surface area (Å²) in [5, 5.41) is 0. The number of ketones is 1. The summed E-state index contributed by atoms with van der Waals surface area (Å²) in [4.78, 5) is 11.8. The maximum Gasteiger partial charge on any atom is 0.228 e. The van der Waals surface area contributed by atoms with Crippen molar-refractivity contribution in [1.82, 2.24) is 0 Å². The van der Waals surface area contributed by atoms with Crippen LogP contribution in [-0.2, 0) is 0 Å². The van der Waals surface area contributed by atoms with Gasteiger partial charge in [-0.05, 0) is 42.8 Å². The van der Waals surface area contributed by atoms with E-state index in [-0.39, 0.29) is 11.5 Å². The standard InChI is InChI=1S/C12H9FO2/c1-8-5-9(7-10(13)6-8)12(14)11-3-2-4-15-11/h2-7H,1H3. The van der Waals surface area contributed by atoms with Crippen LogP contribution in [0.2, 0.25) is 0 Å². The van der Waals surface area contributed by atoms with Gasteiger partial charge in [0, 0.05) is 5.56 Å². The molecule has 0 unspecified atom stereocenters. The molecule has 0 bridgehead atoms. The van der Waals surface area contributed by atoms with Gasteiger partial charge in [0.1, 0.15) is 5.82 Å². The monoisotopic (exact) mass is 204 g/mol. The molecule has 0 spiro atoms. The zero-order chi connectivity index (χ0) is 10.8. The molecule has 0 N–H and O–H groups in total. The smallest absolute Gasteiger partial charge is 0.228 e. The van der Waals surface area contributed by atoms with Gasteiger partial charge < -0.3 is 4.42 Å². The Morgan fingerprint density at radius 1 is 1.33 bits per heavy atom. The third kappa shape index (κ3) is 1.96. The van der Waals surface area contributed by atoms with Crippen molar-refractivity contribution in [3.63, 3.8) is 0 Å². The third-order valence-electron chi connectivity index (χ3n) is 2.05. The Kier molecular flexibility index (Phi) is 2.37. The van der Waals surface area contributed by atoms with E-state index in [0.717, 1.165) is 0 Å². The first kappa shape index (κ1) is 9.65. The van der Waals surface area contributed by atoms with Gasteiger partial charge in [0.2, 0.25) is 5.78 Å². The molecule has 2 rings (SSSR count). The molecule has 0 aliphatic heterocycles. The highest BCUT2D eigenvalue weighted by atomic mass is 19.1. The molecule has 0 radical (unpaired) electrons. The first-order chi connectivity index (χ1) is 7.16. The second-order valence-corrected chi connectivity index (χ2v) is 3.32. The van der Waals surface area contributed by atoms with E-state index in [2.05, 4.69) is 0 Å². The SMILES string of the molecule is Cc1cc(F)cc(C(=O)c2ccco2)c1. The molecule has 15 heavy (non-hydrogen) atoms. The largest absolute Gasteiger partial charge is 0.461 e. The number of furan rings is 1. The molecule has 0 saturated carbocycles. The van der Waals surface area contributed by atoms with Crippen LogP contribution in [-0.4, -0.2) is 5.78 Å². The van der Waals surface area contributed by atoms with Crippen LogP contribution in [0.3, 0.4) is 0 Å². The normalized spacial score (nSPS) is 10.3. The summed E-state index contributed by atoms with van der Waals surface area (Å²) in [6, 6.07) is 7.40. The summed E-state index contributed by atoms with van der Waals surface area (Å²) in [6.45, 7) is 1.74. The molecule has 0 amide bonds. The van der Waals surface area contributed by atoms with Gasteiger partial charge in [-0.1, -0.05) is 0 Å². The lowest BCUT2D eigenvalue weighted by atomic mass is 10.1. The van der Waals surface area contributed by atoms with Crippen LogP contribution in [0, 0.1) is 12.7 Å². The summed E-state index contributed by atoms with van der Waals surface area (Å²) >= 11 is 0. The summed E-state index contributed by atoms with van der Waals surface area (Å²) in [6.07, 6.45) is 1.42. The van der Waals surface area contributed by atoms with E-state index in [0.29, 0.717) is 11.1 Å². The van der Waals surface area contributed by atoms with Crippen LogP contribution >= 0.6 is 0 Å². The molecule has 0 saturated heterocycles. The van der Waals surface area contributed by atoms with Crippen molar-refractivity contribution in [3.8, 4) is 0 Å². The van der Waals surface area contributed by atoms with Gasteiger partial charge in [0.05, 0.1) is 6.26 Å².